The highest BCUT2D eigenvalue weighted by molar-refractivity contribution is 6.03. The second-order valence-electron chi connectivity index (χ2n) is 18.0. The third kappa shape index (κ3) is 4.94. The minimum absolute atomic E-state index is 0.156. The van der Waals surface area contributed by atoms with Gasteiger partial charge in [0.05, 0.1) is 16.8 Å². The normalized spacial score (nSPS) is 14.1. The molecule has 0 heterocycles. The molecule has 0 atom stereocenters. The highest BCUT2D eigenvalue weighted by Crippen LogP contribution is 2.64. The molecule has 13 rings (SSSR count). The summed E-state index contributed by atoms with van der Waals surface area (Å²) >= 11 is 0. The number of benzene rings is 10. The maximum Gasteiger partial charge on any atom is 0.0726 e. The van der Waals surface area contributed by atoms with Gasteiger partial charge >= 0.3 is 0 Å². The lowest BCUT2D eigenvalue weighted by atomic mass is 9.70. The summed E-state index contributed by atoms with van der Waals surface area (Å²) in [6, 6.07) is 84.1. The molecule has 10 aromatic rings. The van der Waals surface area contributed by atoms with Crippen molar-refractivity contribution in [1.29, 1.82) is 0 Å². The van der Waals surface area contributed by atoms with Crippen LogP contribution in [0.15, 0.2) is 224 Å². The average Bonchev–Trinajstić information content (AvgIpc) is 3.89. The lowest BCUT2D eigenvalue weighted by Crippen LogP contribution is -2.26. The Morgan fingerprint density at radius 1 is 0.302 bits per heavy atom. The number of anilines is 3. The van der Waals surface area contributed by atoms with Crippen LogP contribution in [0.2, 0.25) is 0 Å². The molecular formula is C62H43N. The molecule has 0 amide bonds. The van der Waals surface area contributed by atoms with Gasteiger partial charge in [-0.05, 0) is 125 Å². The monoisotopic (exact) mass is 801 g/mol. The molecule has 63 heavy (non-hydrogen) atoms. The standard InChI is InChI=1S/C62H43N/c1-61(2)55-32-18-28-50(60(55)51-37-41-21-6-7-22-42(41)38-56(51)61)49-27-12-17-34-59(49)63(58-33-16-11-23-44(58)40-19-4-3-5-20-40)43-35-36-48-47-26-10-15-31-54(47)62(57(48)39-43)52-29-13-8-24-45(52)46-25-9-14-30-53(46)62/h3-39H,1-2H3. The molecule has 3 aliphatic rings. The number of rotatable bonds is 5. The molecule has 0 N–H and O–H groups in total. The average molecular weight is 802 g/mol. The summed E-state index contributed by atoms with van der Waals surface area (Å²) in [5, 5.41) is 2.55. The predicted octanol–water partition coefficient (Wildman–Crippen LogP) is 16.3. The first-order valence-electron chi connectivity index (χ1n) is 22.2. The summed E-state index contributed by atoms with van der Waals surface area (Å²) in [4.78, 5) is 2.54. The minimum Gasteiger partial charge on any atom is -0.309 e. The maximum atomic E-state index is 2.54. The largest absolute Gasteiger partial charge is 0.309 e. The number of hydrogen-bond donors (Lipinski definition) is 0. The van der Waals surface area contributed by atoms with E-state index in [0.29, 0.717) is 0 Å². The molecule has 0 saturated heterocycles. The summed E-state index contributed by atoms with van der Waals surface area (Å²) in [7, 11) is 0. The van der Waals surface area contributed by atoms with Crippen LogP contribution in [0.5, 0.6) is 0 Å². The van der Waals surface area contributed by atoms with Crippen molar-refractivity contribution in [2.45, 2.75) is 24.7 Å². The minimum atomic E-state index is -0.461. The van der Waals surface area contributed by atoms with Crippen LogP contribution >= 0.6 is 0 Å². The molecule has 0 unspecified atom stereocenters. The Morgan fingerprint density at radius 3 is 1.43 bits per heavy atom. The van der Waals surface area contributed by atoms with Gasteiger partial charge in [-0.25, -0.2) is 0 Å². The number of para-hydroxylation sites is 2. The third-order valence-electron chi connectivity index (χ3n) is 14.5. The van der Waals surface area contributed by atoms with Gasteiger partial charge in [0, 0.05) is 22.2 Å². The fourth-order valence-corrected chi connectivity index (χ4v) is 11.8. The van der Waals surface area contributed by atoms with Gasteiger partial charge in [0.1, 0.15) is 0 Å². The first-order chi connectivity index (χ1) is 31.0. The number of fused-ring (bicyclic) bond motifs is 14. The zero-order chi connectivity index (χ0) is 41.9. The van der Waals surface area contributed by atoms with Crippen LogP contribution in [0.1, 0.15) is 47.2 Å². The zero-order valence-electron chi connectivity index (χ0n) is 35.3. The van der Waals surface area contributed by atoms with Crippen molar-refractivity contribution in [2.24, 2.45) is 0 Å². The Bertz CT molecular complexity index is 3430. The number of nitrogens with zero attached hydrogens (tertiary/aromatic N) is 1. The molecule has 0 aliphatic heterocycles. The van der Waals surface area contributed by atoms with E-state index < -0.39 is 5.41 Å². The highest BCUT2D eigenvalue weighted by Gasteiger charge is 2.51. The van der Waals surface area contributed by atoms with Gasteiger partial charge in [0.2, 0.25) is 0 Å². The fraction of sp³-hybridized carbons (Fsp3) is 0.0645. The third-order valence-corrected chi connectivity index (χ3v) is 14.5. The van der Waals surface area contributed by atoms with Gasteiger partial charge in [0.15, 0.2) is 0 Å². The van der Waals surface area contributed by atoms with Crippen LogP contribution in [0.25, 0.3) is 66.4 Å². The quantitative estimate of drug-likeness (QED) is 0.168. The Labute approximate surface area is 369 Å². The van der Waals surface area contributed by atoms with Crippen LogP contribution in [-0.2, 0) is 10.8 Å². The van der Waals surface area contributed by atoms with Crippen molar-refractivity contribution in [1.82, 2.24) is 0 Å². The maximum absolute atomic E-state index is 2.54. The molecule has 0 saturated carbocycles. The van der Waals surface area contributed by atoms with Crippen LogP contribution in [0.3, 0.4) is 0 Å². The van der Waals surface area contributed by atoms with E-state index in [1.165, 1.54) is 99.8 Å². The van der Waals surface area contributed by atoms with Crippen LogP contribution in [0, 0.1) is 0 Å². The summed E-state index contributed by atoms with van der Waals surface area (Å²) < 4.78 is 0. The van der Waals surface area contributed by atoms with Gasteiger partial charge in [-0.1, -0.05) is 202 Å². The van der Waals surface area contributed by atoms with Gasteiger partial charge in [-0.15, -0.1) is 0 Å². The molecule has 10 aromatic carbocycles. The van der Waals surface area contributed by atoms with Gasteiger partial charge in [-0.3, -0.25) is 0 Å². The second-order valence-corrected chi connectivity index (χ2v) is 18.0. The SMILES string of the molecule is CC1(C)c2cc3ccccc3cc2-c2c(-c3ccccc3N(c3ccc4c(c3)C3(c5ccccc5-c5ccccc53)c3ccccc3-4)c3ccccc3-c3ccccc3)cccc21. The molecule has 3 aliphatic carbocycles. The Kier molecular flexibility index (Phi) is 7.64. The zero-order valence-corrected chi connectivity index (χ0v) is 35.3. The Balaban J connectivity index is 1.10. The van der Waals surface area contributed by atoms with E-state index in [4.69, 9.17) is 0 Å². The molecule has 0 bridgehead atoms. The van der Waals surface area contributed by atoms with Crippen LogP contribution in [0.4, 0.5) is 17.1 Å². The fourth-order valence-electron chi connectivity index (χ4n) is 11.8. The van der Waals surface area contributed by atoms with Crippen molar-refractivity contribution in [3.8, 4) is 55.6 Å². The van der Waals surface area contributed by atoms with Gasteiger partial charge < -0.3 is 4.90 Å². The van der Waals surface area contributed by atoms with Crippen molar-refractivity contribution < 1.29 is 0 Å². The summed E-state index contributed by atoms with van der Waals surface area (Å²) in [6.45, 7) is 4.78. The summed E-state index contributed by atoms with van der Waals surface area (Å²) in [6.07, 6.45) is 0. The van der Waals surface area contributed by atoms with Crippen molar-refractivity contribution in [2.75, 3.05) is 4.90 Å². The van der Waals surface area contributed by atoms with Gasteiger partial charge in [-0.2, -0.15) is 0 Å². The Morgan fingerprint density at radius 2 is 0.778 bits per heavy atom. The first kappa shape index (κ1) is 36.0. The van der Waals surface area contributed by atoms with E-state index in [9.17, 15) is 0 Å². The van der Waals surface area contributed by atoms with Gasteiger partial charge in [0.25, 0.3) is 0 Å². The topological polar surface area (TPSA) is 3.24 Å². The lowest BCUT2D eigenvalue weighted by molar-refractivity contribution is 0.661. The van der Waals surface area contributed by atoms with Crippen LogP contribution < -0.4 is 4.90 Å². The highest BCUT2D eigenvalue weighted by atomic mass is 15.1. The molecule has 1 spiro atoms. The van der Waals surface area contributed by atoms with E-state index in [1.807, 2.05) is 0 Å². The van der Waals surface area contributed by atoms with Crippen LogP contribution in [-0.4, -0.2) is 0 Å². The first-order valence-corrected chi connectivity index (χ1v) is 22.2. The molecule has 1 nitrogen and oxygen atoms in total. The Hall–Kier alpha value is -7.74. The molecule has 0 fully saturated rings. The van der Waals surface area contributed by atoms with E-state index in [1.54, 1.807) is 0 Å². The van der Waals surface area contributed by atoms with E-state index in [2.05, 4.69) is 243 Å². The second kappa shape index (κ2) is 13.4. The molecule has 296 valence electrons. The molecule has 1 heteroatoms. The van der Waals surface area contributed by atoms with Crippen molar-refractivity contribution in [3.05, 3.63) is 258 Å². The predicted molar refractivity (Wildman–Crippen MR) is 263 cm³/mol. The molecule has 0 radical (unpaired) electrons. The molecular weight excluding hydrogens is 759 g/mol. The van der Waals surface area contributed by atoms with E-state index >= 15 is 0 Å². The van der Waals surface area contributed by atoms with E-state index in [0.717, 1.165) is 17.1 Å². The van der Waals surface area contributed by atoms with Crippen molar-refractivity contribution >= 4 is 27.8 Å². The number of hydrogen-bond acceptors (Lipinski definition) is 1. The molecule has 0 aromatic heterocycles. The summed E-state index contributed by atoms with van der Waals surface area (Å²) in [5.74, 6) is 0. The summed E-state index contributed by atoms with van der Waals surface area (Å²) in [5.41, 5.74) is 23.6. The van der Waals surface area contributed by atoms with E-state index in [-0.39, 0.29) is 5.41 Å². The van der Waals surface area contributed by atoms with Crippen molar-refractivity contribution in [3.63, 3.8) is 0 Å². The lowest BCUT2D eigenvalue weighted by Gasteiger charge is -2.33. The smallest absolute Gasteiger partial charge is 0.0726 e.